The zero-order chi connectivity index (χ0) is 25.7. The molecule has 0 amide bonds. The Bertz CT molecular complexity index is 1490. The van der Waals surface area contributed by atoms with E-state index in [1.807, 2.05) is 61.7 Å². The first kappa shape index (κ1) is 25.3. The van der Waals surface area contributed by atoms with Gasteiger partial charge in [-0.2, -0.15) is 4.31 Å². The Labute approximate surface area is 220 Å². The van der Waals surface area contributed by atoms with Gasteiger partial charge in [-0.1, -0.05) is 18.2 Å². The van der Waals surface area contributed by atoms with Gasteiger partial charge in [-0.05, 0) is 60.5 Å². The van der Waals surface area contributed by atoms with E-state index >= 15 is 0 Å². The van der Waals surface area contributed by atoms with Gasteiger partial charge >= 0.3 is 0 Å². The van der Waals surface area contributed by atoms with Gasteiger partial charge in [-0.15, -0.1) is 11.3 Å². The smallest absolute Gasteiger partial charge is 0.243 e. The maximum atomic E-state index is 13.1. The topological polar surface area (TPSA) is 86.0 Å². The molecule has 0 radical (unpaired) electrons. The fourth-order valence-corrected chi connectivity index (χ4v) is 6.44. The van der Waals surface area contributed by atoms with Crippen LogP contribution in [0, 0.1) is 0 Å². The average molecular weight is 537 g/mol. The van der Waals surface area contributed by atoms with Crippen LogP contribution in [-0.2, 0) is 21.3 Å². The summed E-state index contributed by atoms with van der Waals surface area (Å²) in [6.07, 6.45) is 3.59. The van der Waals surface area contributed by atoms with Crippen molar-refractivity contribution in [1.29, 1.82) is 0 Å². The van der Waals surface area contributed by atoms with Crippen molar-refractivity contribution in [3.8, 4) is 17.0 Å². The number of sulfonamides is 1. The second kappa shape index (κ2) is 11.4. The van der Waals surface area contributed by atoms with E-state index in [0.717, 1.165) is 33.1 Å². The highest BCUT2D eigenvalue weighted by Gasteiger charge is 2.26. The van der Waals surface area contributed by atoms with Crippen LogP contribution in [0.25, 0.3) is 11.3 Å². The van der Waals surface area contributed by atoms with Crippen molar-refractivity contribution < 1.29 is 17.9 Å². The number of hydrogen-bond acceptors (Lipinski definition) is 7. The Morgan fingerprint density at radius 3 is 2.49 bits per heavy atom. The zero-order valence-corrected chi connectivity index (χ0v) is 22.1. The summed E-state index contributed by atoms with van der Waals surface area (Å²) in [6, 6.07) is 18.7. The second-order valence-corrected chi connectivity index (χ2v) is 11.2. The molecule has 192 valence electrons. The molecule has 1 saturated heterocycles. The van der Waals surface area contributed by atoms with Gasteiger partial charge in [0.05, 0.1) is 42.6 Å². The molecule has 3 heterocycles. The van der Waals surface area contributed by atoms with E-state index in [1.54, 1.807) is 18.3 Å². The van der Waals surface area contributed by atoms with Gasteiger partial charge in [0.15, 0.2) is 4.80 Å². The van der Waals surface area contributed by atoms with Crippen molar-refractivity contribution >= 4 is 27.0 Å². The van der Waals surface area contributed by atoms with Crippen LogP contribution in [0.15, 0.2) is 88.3 Å². The van der Waals surface area contributed by atoms with Crippen LogP contribution in [0.1, 0.15) is 12.5 Å². The highest BCUT2D eigenvalue weighted by atomic mass is 32.2. The molecule has 1 aliphatic heterocycles. The van der Waals surface area contributed by atoms with Crippen LogP contribution in [0.2, 0.25) is 0 Å². The van der Waals surface area contributed by atoms with E-state index in [4.69, 9.17) is 14.5 Å². The van der Waals surface area contributed by atoms with Crippen molar-refractivity contribution in [2.45, 2.75) is 18.4 Å². The van der Waals surface area contributed by atoms with Crippen molar-refractivity contribution in [3.05, 3.63) is 88.8 Å². The number of hydrogen-bond donors (Lipinski definition) is 0. The molecular weight excluding hydrogens is 508 g/mol. The number of nitrogens with zero attached hydrogens (tertiary/aromatic N) is 4. The fourth-order valence-electron chi connectivity index (χ4n) is 4.10. The molecule has 10 heteroatoms. The Morgan fingerprint density at radius 2 is 1.81 bits per heavy atom. The summed E-state index contributed by atoms with van der Waals surface area (Å²) in [5.74, 6) is 0.809. The monoisotopic (exact) mass is 536 g/mol. The van der Waals surface area contributed by atoms with Crippen molar-refractivity contribution in [2.24, 2.45) is 4.99 Å². The number of rotatable bonds is 8. The molecule has 0 atom stereocenters. The Morgan fingerprint density at radius 1 is 1.05 bits per heavy atom. The van der Waals surface area contributed by atoms with Gasteiger partial charge in [-0.25, -0.2) is 13.4 Å². The summed E-state index contributed by atoms with van der Waals surface area (Å²) >= 11 is 1.54. The first-order chi connectivity index (χ1) is 18.0. The number of thiazole rings is 1. The van der Waals surface area contributed by atoms with Crippen molar-refractivity contribution in [2.75, 3.05) is 32.9 Å². The van der Waals surface area contributed by atoms with Gasteiger partial charge in [0.2, 0.25) is 10.0 Å². The highest BCUT2D eigenvalue weighted by molar-refractivity contribution is 7.89. The lowest BCUT2D eigenvalue weighted by atomic mass is 10.1. The van der Waals surface area contributed by atoms with Gasteiger partial charge in [-0.3, -0.25) is 4.98 Å². The van der Waals surface area contributed by atoms with Crippen LogP contribution < -0.4 is 9.54 Å². The largest absolute Gasteiger partial charge is 0.494 e. The standard InChI is InChI=1S/C27H28N4O4S2/c1-2-35-24-9-7-23(8-10-24)29-27-31(19-21-4-3-13-28-18-21)26(20-36-27)22-5-11-25(12-6-22)37(32,33)30-14-16-34-17-15-30/h3-13,18,20H,2,14-17,19H2,1H3. The van der Waals surface area contributed by atoms with Crippen LogP contribution in [-0.4, -0.2) is 55.2 Å². The molecule has 0 saturated carbocycles. The third-order valence-corrected chi connectivity index (χ3v) is 8.77. The molecule has 1 fully saturated rings. The van der Waals surface area contributed by atoms with Crippen LogP contribution in [0.4, 0.5) is 5.69 Å². The maximum absolute atomic E-state index is 13.1. The number of aromatic nitrogens is 2. The van der Waals surface area contributed by atoms with Crippen LogP contribution in [0.3, 0.4) is 0 Å². The molecule has 0 N–H and O–H groups in total. The van der Waals surface area contributed by atoms with Gasteiger partial charge in [0.1, 0.15) is 5.75 Å². The lowest BCUT2D eigenvalue weighted by Gasteiger charge is -2.26. The quantitative estimate of drug-likeness (QED) is 0.335. The summed E-state index contributed by atoms with van der Waals surface area (Å²) < 4.78 is 40.6. The van der Waals surface area contributed by atoms with E-state index < -0.39 is 10.0 Å². The van der Waals surface area contributed by atoms with E-state index in [2.05, 4.69) is 14.9 Å². The first-order valence-electron chi connectivity index (χ1n) is 12.1. The third-order valence-electron chi connectivity index (χ3n) is 5.99. The van der Waals surface area contributed by atoms with Crippen LogP contribution in [0.5, 0.6) is 5.75 Å². The van der Waals surface area contributed by atoms with Crippen molar-refractivity contribution in [1.82, 2.24) is 13.9 Å². The number of morpholine rings is 1. The zero-order valence-electron chi connectivity index (χ0n) is 20.5. The normalized spacial score (nSPS) is 15.1. The number of benzene rings is 2. The minimum atomic E-state index is -3.55. The SMILES string of the molecule is CCOc1ccc(N=c2scc(-c3ccc(S(=O)(=O)N4CCOCC4)cc3)n2Cc2cccnc2)cc1. The molecule has 4 aromatic rings. The highest BCUT2D eigenvalue weighted by Crippen LogP contribution is 2.25. The third kappa shape index (κ3) is 5.83. The lowest BCUT2D eigenvalue weighted by molar-refractivity contribution is 0.0730. The summed E-state index contributed by atoms with van der Waals surface area (Å²) in [5.41, 5.74) is 3.73. The lowest BCUT2D eigenvalue weighted by Crippen LogP contribution is -2.40. The number of ether oxygens (including phenoxy) is 2. The molecule has 37 heavy (non-hydrogen) atoms. The molecule has 0 bridgehead atoms. The van der Waals surface area contributed by atoms with E-state index in [1.165, 1.54) is 15.6 Å². The van der Waals surface area contributed by atoms with Gasteiger partial charge in [0, 0.05) is 30.9 Å². The van der Waals surface area contributed by atoms with Crippen LogP contribution >= 0.6 is 11.3 Å². The Hall–Kier alpha value is -3.31. The van der Waals surface area contributed by atoms with Gasteiger partial charge in [0.25, 0.3) is 0 Å². The molecule has 0 spiro atoms. The Kier molecular flexibility index (Phi) is 7.80. The maximum Gasteiger partial charge on any atom is 0.243 e. The molecule has 1 aliphatic rings. The van der Waals surface area contributed by atoms with E-state index in [0.29, 0.717) is 39.5 Å². The molecule has 2 aromatic carbocycles. The summed E-state index contributed by atoms with van der Waals surface area (Å²) in [6.45, 7) is 4.73. The molecule has 8 nitrogen and oxygen atoms in total. The summed E-state index contributed by atoms with van der Waals surface area (Å²) in [7, 11) is -3.55. The van der Waals surface area contributed by atoms with E-state index in [-0.39, 0.29) is 4.90 Å². The molecular formula is C27H28N4O4S2. The minimum absolute atomic E-state index is 0.284. The summed E-state index contributed by atoms with van der Waals surface area (Å²) in [5, 5.41) is 2.05. The van der Waals surface area contributed by atoms with Gasteiger partial charge < -0.3 is 14.0 Å². The van der Waals surface area contributed by atoms with E-state index in [9.17, 15) is 8.42 Å². The predicted octanol–water partition coefficient (Wildman–Crippen LogP) is 4.31. The second-order valence-electron chi connectivity index (χ2n) is 8.43. The predicted molar refractivity (Wildman–Crippen MR) is 143 cm³/mol. The molecule has 2 aromatic heterocycles. The fraction of sp³-hybridized carbons (Fsp3) is 0.259. The van der Waals surface area contributed by atoms with Crippen molar-refractivity contribution in [3.63, 3.8) is 0 Å². The number of pyridine rings is 1. The molecule has 0 unspecified atom stereocenters. The molecule has 0 aliphatic carbocycles. The average Bonchev–Trinajstić information content (AvgIpc) is 3.32. The first-order valence-corrected chi connectivity index (χ1v) is 14.4. The molecule has 5 rings (SSSR count). The minimum Gasteiger partial charge on any atom is -0.494 e. The Balaban J connectivity index is 1.50. The summed E-state index contributed by atoms with van der Waals surface area (Å²) in [4.78, 5) is 10.3.